The molecule has 0 aliphatic carbocycles. The highest BCUT2D eigenvalue weighted by Gasteiger charge is 2.23. The third-order valence-corrected chi connectivity index (χ3v) is 2.13. The van der Waals surface area contributed by atoms with E-state index in [1.807, 2.05) is 0 Å². The minimum absolute atomic E-state index is 0.106. The van der Waals surface area contributed by atoms with Crippen LogP contribution in [0.3, 0.4) is 0 Å². The van der Waals surface area contributed by atoms with Crippen LogP contribution in [0.5, 0.6) is 5.75 Å². The average Bonchev–Trinajstić information content (AvgIpc) is 2.30. The quantitative estimate of drug-likeness (QED) is 0.299. The Bertz CT molecular complexity index is 476. The molecule has 0 spiro atoms. The molecule has 0 heterocycles. The van der Waals surface area contributed by atoms with E-state index in [2.05, 4.69) is 5.32 Å². The van der Waals surface area contributed by atoms with Crippen LogP contribution >= 0.6 is 0 Å². The molecular weight excluding hydrogens is 246 g/mol. The lowest BCUT2D eigenvalue weighted by Gasteiger charge is -2.07. The van der Waals surface area contributed by atoms with Gasteiger partial charge in [0.15, 0.2) is 0 Å². The molecule has 1 rings (SSSR count). The van der Waals surface area contributed by atoms with E-state index in [0.717, 1.165) is 6.07 Å². The maximum atomic E-state index is 10.6. The largest absolute Gasteiger partial charge is 0.501 e. The smallest absolute Gasteiger partial charge is 0.319 e. The van der Waals surface area contributed by atoms with Crippen LogP contribution in [0.15, 0.2) is 12.1 Å². The molecule has 0 bridgehead atoms. The van der Waals surface area contributed by atoms with E-state index in [-0.39, 0.29) is 18.8 Å². The summed E-state index contributed by atoms with van der Waals surface area (Å²) in [6, 6.07) is 1.69. The summed E-state index contributed by atoms with van der Waals surface area (Å²) in [5.41, 5.74) is -1.34. The number of aliphatic hydroxyl groups excluding tert-OH is 1. The molecule has 0 radical (unpaired) electrons. The number of hydrogen-bond donors (Lipinski definition) is 3. The van der Waals surface area contributed by atoms with Gasteiger partial charge in [0, 0.05) is 19.2 Å². The highest BCUT2D eigenvalue weighted by molar-refractivity contribution is 5.70. The molecule has 3 N–H and O–H groups in total. The van der Waals surface area contributed by atoms with Gasteiger partial charge in [0.1, 0.15) is 0 Å². The molecule has 0 aliphatic heterocycles. The molecule has 0 aliphatic rings. The number of non-ortho nitro benzene ring substituents is 1. The predicted molar refractivity (Wildman–Crippen MR) is 61.6 cm³/mol. The zero-order valence-electron chi connectivity index (χ0n) is 9.20. The molecular formula is C9H11N3O6. The first kappa shape index (κ1) is 13.6. The van der Waals surface area contributed by atoms with Gasteiger partial charge in [-0.15, -0.1) is 0 Å². The maximum Gasteiger partial charge on any atom is 0.319 e. The number of benzene rings is 1. The summed E-state index contributed by atoms with van der Waals surface area (Å²) in [6.07, 6.45) is 0.343. The van der Waals surface area contributed by atoms with Crippen molar-refractivity contribution in [2.45, 2.75) is 6.42 Å². The van der Waals surface area contributed by atoms with Crippen molar-refractivity contribution in [3.8, 4) is 5.75 Å². The molecule has 0 saturated carbocycles. The minimum atomic E-state index is -0.903. The number of aromatic hydroxyl groups is 1. The van der Waals surface area contributed by atoms with E-state index >= 15 is 0 Å². The first-order valence-electron chi connectivity index (χ1n) is 4.98. The van der Waals surface area contributed by atoms with Crippen molar-refractivity contribution in [2.24, 2.45) is 0 Å². The Balaban J connectivity index is 3.14. The Morgan fingerprint density at radius 1 is 1.22 bits per heavy atom. The Kier molecular flexibility index (Phi) is 4.38. The first-order valence-corrected chi connectivity index (χ1v) is 4.98. The molecule has 9 nitrogen and oxygen atoms in total. The fraction of sp³-hybridized carbons (Fsp3) is 0.333. The SMILES string of the molecule is O=[N+]([O-])c1cc(NCCCO)c(O)c([N+](=O)[O-])c1. The number of phenols is 1. The van der Waals surface area contributed by atoms with Crippen LogP contribution in [0.4, 0.5) is 17.1 Å². The monoisotopic (exact) mass is 257 g/mol. The molecule has 18 heavy (non-hydrogen) atoms. The van der Waals surface area contributed by atoms with Gasteiger partial charge in [-0.2, -0.15) is 0 Å². The summed E-state index contributed by atoms with van der Waals surface area (Å²) >= 11 is 0. The van der Waals surface area contributed by atoms with Crippen molar-refractivity contribution >= 4 is 17.1 Å². The molecule has 1 aromatic rings. The molecule has 0 saturated heterocycles. The van der Waals surface area contributed by atoms with E-state index in [1.54, 1.807) is 0 Å². The van der Waals surface area contributed by atoms with Crippen LogP contribution in [0.1, 0.15) is 6.42 Å². The summed E-state index contributed by atoms with van der Waals surface area (Å²) in [5.74, 6) is -0.663. The van der Waals surface area contributed by atoms with Gasteiger partial charge in [0.25, 0.3) is 5.69 Å². The van der Waals surface area contributed by atoms with Gasteiger partial charge in [-0.3, -0.25) is 20.2 Å². The number of aliphatic hydroxyl groups is 1. The predicted octanol–water partition coefficient (Wildman–Crippen LogP) is 1.00. The fourth-order valence-corrected chi connectivity index (χ4v) is 1.29. The number of rotatable bonds is 6. The molecule has 0 aromatic heterocycles. The van der Waals surface area contributed by atoms with Gasteiger partial charge in [-0.25, -0.2) is 0 Å². The van der Waals surface area contributed by atoms with Crippen molar-refractivity contribution in [2.75, 3.05) is 18.5 Å². The number of anilines is 1. The number of nitrogens with zero attached hydrogens (tertiary/aromatic N) is 2. The third kappa shape index (κ3) is 3.04. The van der Waals surface area contributed by atoms with Crippen LogP contribution in [0.2, 0.25) is 0 Å². The lowest BCUT2D eigenvalue weighted by Crippen LogP contribution is -2.05. The van der Waals surface area contributed by atoms with E-state index < -0.39 is 27.0 Å². The molecule has 0 amide bonds. The summed E-state index contributed by atoms with van der Waals surface area (Å²) in [4.78, 5) is 19.5. The Morgan fingerprint density at radius 2 is 1.89 bits per heavy atom. The number of hydrogen-bond acceptors (Lipinski definition) is 7. The van der Waals surface area contributed by atoms with Crippen molar-refractivity contribution in [3.63, 3.8) is 0 Å². The number of nitro benzene ring substituents is 2. The highest BCUT2D eigenvalue weighted by Crippen LogP contribution is 2.37. The van der Waals surface area contributed by atoms with Gasteiger partial charge in [0.2, 0.25) is 5.75 Å². The lowest BCUT2D eigenvalue weighted by atomic mass is 10.2. The summed E-state index contributed by atoms with van der Waals surface area (Å²) in [6.45, 7) is 0.118. The normalized spacial score (nSPS) is 10.1. The molecule has 0 atom stereocenters. The number of phenolic OH excluding ortho intramolecular Hbond substituents is 1. The van der Waals surface area contributed by atoms with E-state index in [9.17, 15) is 25.3 Å². The van der Waals surface area contributed by atoms with Gasteiger partial charge in [0.05, 0.1) is 21.6 Å². The van der Waals surface area contributed by atoms with Crippen molar-refractivity contribution in [3.05, 3.63) is 32.4 Å². The summed E-state index contributed by atoms with van der Waals surface area (Å²) in [5, 5.41) is 42.0. The van der Waals surface area contributed by atoms with Crippen LogP contribution in [-0.4, -0.2) is 33.2 Å². The molecule has 1 aromatic carbocycles. The maximum absolute atomic E-state index is 10.6. The zero-order valence-corrected chi connectivity index (χ0v) is 9.20. The molecule has 0 fully saturated rings. The summed E-state index contributed by atoms with van der Waals surface area (Å²) < 4.78 is 0. The topological polar surface area (TPSA) is 139 Å². The van der Waals surface area contributed by atoms with E-state index in [1.165, 1.54) is 0 Å². The van der Waals surface area contributed by atoms with Crippen LogP contribution in [0, 0.1) is 20.2 Å². The minimum Gasteiger partial charge on any atom is -0.501 e. The second-order valence-electron chi connectivity index (χ2n) is 3.38. The molecule has 98 valence electrons. The molecule has 0 unspecified atom stereocenters. The van der Waals surface area contributed by atoms with E-state index in [4.69, 9.17) is 5.11 Å². The van der Waals surface area contributed by atoms with Gasteiger partial charge in [-0.1, -0.05) is 0 Å². The first-order chi connectivity index (χ1) is 8.47. The fourth-order valence-electron chi connectivity index (χ4n) is 1.29. The molecule has 9 heteroatoms. The number of nitrogens with one attached hydrogen (secondary N) is 1. The van der Waals surface area contributed by atoms with Crippen LogP contribution in [0.25, 0.3) is 0 Å². The Hall–Kier alpha value is -2.42. The second kappa shape index (κ2) is 5.77. The average molecular weight is 257 g/mol. The van der Waals surface area contributed by atoms with E-state index in [0.29, 0.717) is 12.5 Å². The van der Waals surface area contributed by atoms with Gasteiger partial charge < -0.3 is 15.5 Å². The van der Waals surface area contributed by atoms with Gasteiger partial charge >= 0.3 is 5.69 Å². The van der Waals surface area contributed by atoms with Crippen LogP contribution in [-0.2, 0) is 0 Å². The second-order valence-corrected chi connectivity index (χ2v) is 3.38. The zero-order chi connectivity index (χ0) is 13.7. The van der Waals surface area contributed by atoms with Crippen molar-refractivity contribution < 1.29 is 20.1 Å². The van der Waals surface area contributed by atoms with Crippen molar-refractivity contribution in [1.29, 1.82) is 0 Å². The highest BCUT2D eigenvalue weighted by atomic mass is 16.6. The van der Waals surface area contributed by atoms with Gasteiger partial charge in [-0.05, 0) is 6.42 Å². The summed E-state index contributed by atoms with van der Waals surface area (Å²) in [7, 11) is 0. The third-order valence-electron chi connectivity index (χ3n) is 2.13. The standard InChI is InChI=1S/C9H11N3O6/c13-3-1-2-10-7-4-6(11(15)16)5-8(9(7)14)12(17)18/h4-5,10,13-14H,1-3H2. The van der Waals surface area contributed by atoms with Crippen LogP contribution < -0.4 is 5.32 Å². The van der Waals surface area contributed by atoms with Crippen molar-refractivity contribution in [1.82, 2.24) is 0 Å². The lowest BCUT2D eigenvalue weighted by molar-refractivity contribution is -0.394. The Labute approximate surface area is 101 Å². The number of nitro groups is 2. The Morgan fingerprint density at radius 3 is 2.39 bits per heavy atom.